The third-order valence-electron chi connectivity index (χ3n) is 9.15. The monoisotopic (exact) mass is 870 g/mol. The molecule has 0 heterocycles. The summed E-state index contributed by atoms with van der Waals surface area (Å²) in [5.41, 5.74) is 5.35. The smallest absolute Gasteiger partial charge is 0.462 e. The third-order valence-corrected chi connectivity index (χ3v) is 10.1. The molecular weight excluding hydrogens is 786 g/mol. The zero-order chi connectivity index (χ0) is 44.6. The average molecular weight is 870 g/mol. The van der Waals surface area contributed by atoms with Gasteiger partial charge in [0.05, 0.1) is 13.2 Å². The number of esters is 2. The van der Waals surface area contributed by atoms with Gasteiger partial charge in [-0.05, 0) is 96.3 Å². The molecule has 61 heavy (non-hydrogen) atoms. The van der Waals surface area contributed by atoms with E-state index in [-0.39, 0.29) is 32.6 Å². The quantitative estimate of drug-likeness (QED) is 0.0266. The normalized spacial score (nSPS) is 14.2. The first kappa shape index (κ1) is 57.7. The van der Waals surface area contributed by atoms with Gasteiger partial charge < -0.3 is 20.1 Å². The lowest BCUT2D eigenvalue weighted by atomic mass is 10.1. The SMILES string of the molecule is CC/C=C\C/C=C\C/C=C\C/C=C\C/C=C\CCCCCCCCCCCC(=O)OC(COC(=O)CCCC/C=C\C/C=C\C/C=C\C/C=C\CC)COP(=O)(O)OCCN. The van der Waals surface area contributed by atoms with Crippen molar-refractivity contribution in [2.75, 3.05) is 26.4 Å². The first-order valence-corrected chi connectivity index (χ1v) is 24.9. The number of ether oxygens (including phenoxy) is 2. The Morgan fingerprint density at radius 3 is 1.30 bits per heavy atom. The molecule has 0 aliphatic rings. The highest BCUT2D eigenvalue weighted by molar-refractivity contribution is 7.47. The van der Waals surface area contributed by atoms with Crippen molar-refractivity contribution in [2.45, 2.75) is 174 Å². The minimum atomic E-state index is -4.40. The highest BCUT2D eigenvalue weighted by Gasteiger charge is 2.26. The summed E-state index contributed by atoms with van der Waals surface area (Å²) in [4.78, 5) is 34.9. The van der Waals surface area contributed by atoms with Crippen LogP contribution in [0.1, 0.15) is 168 Å². The lowest BCUT2D eigenvalue weighted by Crippen LogP contribution is -2.29. The second kappa shape index (κ2) is 46.2. The highest BCUT2D eigenvalue weighted by Crippen LogP contribution is 2.43. The second-order valence-corrected chi connectivity index (χ2v) is 16.3. The lowest BCUT2D eigenvalue weighted by molar-refractivity contribution is -0.161. The van der Waals surface area contributed by atoms with Gasteiger partial charge in [0.2, 0.25) is 0 Å². The van der Waals surface area contributed by atoms with Crippen LogP contribution in [0.15, 0.2) is 109 Å². The molecule has 0 aliphatic heterocycles. The maximum Gasteiger partial charge on any atom is 0.472 e. The van der Waals surface area contributed by atoms with E-state index in [2.05, 4.69) is 123 Å². The van der Waals surface area contributed by atoms with Gasteiger partial charge in [-0.1, -0.05) is 168 Å². The number of phosphoric ester groups is 1. The van der Waals surface area contributed by atoms with Crippen molar-refractivity contribution in [1.29, 1.82) is 0 Å². The fourth-order valence-electron chi connectivity index (χ4n) is 5.77. The van der Waals surface area contributed by atoms with Crippen LogP contribution in [0, 0.1) is 0 Å². The van der Waals surface area contributed by atoms with E-state index in [1.54, 1.807) is 0 Å². The molecule has 2 atom stereocenters. The van der Waals surface area contributed by atoms with Crippen LogP contribution in [0.25, 0.3) is 0 Å². The number of rotatable bonds is 42. The molecule has 0 fully saturated rings. The van der Waals surface area contributed by atoms with Gasteiger partial charge in [0.25, 0.3) is 0 Å². The van der Waals surface area contributed by atoms with E-state index < -0.39 is 32.5 Å². The van der Waals surface area contributed by atoms with Gasteiger partial charge in [-0.2, -0.15) is 0 Å². The molecule has 0 bridgehead atoms. The molecule has 0 amide bonds. The molecule has 0 saturated heterocycles. The molecule has 346 valence electrons. The molecule has 0 saturated carbocycles. The summed E-state index contributed by atoms with van der Waals surface area (Å²) in [6, 6.07) is 0. The molecule has 0 aromatic heterocycles. The van der Waals surface area contributed by atoms with Crippen LogP contribution < -0.4 is 5.73 Å². The molecule has 9 nitrogen and oxygen atoms in total. The Labute approximate surface area is 371 Å². The van der Waals surface area contributed by atoms with Gasteiger partial charge in [0, 0.05) is 19.4 Å². The Morgan fingerprint density at radius 1 is 0.492 bits per heavy atom. The van der Waals surface area contributed by atoms with Crippen molar-refractivity contribution in [3.63, 3.8) is 0 Å². The van der Waals surface area contributed by atoms with Crippen LogP contribution >= 0.6 is 7.82 Å². The molecule has 0 rings (SSSR count). The maximum atomic E-state index is 12.6. The molecule has 3 N–H and O–H groups in total. The zero-order valence-electron chi connectivity index (χ0n) is 38.1. The molecular formula is C51H84NO8P. The van der Waals surface area contributed by atoms with Gasteiger partial charge in [0.1, 0.15) is 6.61 Å². The third kappa shape index (κ3) is 46.0. The van der Waals surface area contributed by atoms with Crippen LogP contribution in [0.3, 0.4) is 0 Å². The number of allylic oxidation sites excluding steroid dienone is 18. The van der Waals surface area contributed by atoms with Gasteiger partial charge in [-0.25, -0.2) is 4.57 Å². The first-order chi connectivity index (χ1) is 29.8. The zero-order valence-corrected chi connectivity index (χ0v) is 39.0. The molecule has 0 aliphatic carbocycles. The molecule has 0 radical (unpaired) electrons. The number of hydrogen-bond acceptors (Lipinski definition) is 8. The Kier molecular flexibility index (Phi) is 43.7. The van der Waals surface area contributed by atoms with Crippen LogP contribution in [-0.2, 0) is 32.7 Å². The van der Waals surface area contributed by atoms with E-state index in [0.29, 0.717) is 12.8 Å². The van der Waals surface area contributed by atoms with E-state index in [0.717, 1.165) is 96.3 Å². The van der Waals surface area contributed by atoms with Crippen molar-refractivity contribution in [3.05, 3.63) is 109 Å². The van der Waals surface area contributed by atoms with Crippen LogP contribution in [0.5, 0.6) is 0 Å². The predicted molar refractivity (Wildman–Crippen MR) is 256 cm³/mol. The molecule has 0 aromatic carbocycles. The van der Waals surface area contributed by atoms with Crippen LogP contribution in [0.4, 0.5) is 0 Å². The average Bonchev–Trinajstić information content (AvgIpc) is 3.25. The van der Waals surface area contributed by atoms with Gasteiger partial charge >= 0.3 is 19.8 Å². The lowest BCUT2D eigenvalue weighted by Gasteiger charge is -2.19. The predicted octanol–water partition coefficient (Wildman–Crippen LogP) is 13.9. The van der Waals surface area contributed by atoms with Crippen molar-refractivity contribution >= 4 is 19.8 Å². The fourth-order valence-corrected chi connectivity index (χ4v) is 6.53. The molecule has 2 unspecified atom stereocenters. The summed E-state index contributed by atoms with van der Waals surface area (Å²) < 4.78 is 32.8. The Balaban J connectivity index is 4.16. The fraction of sp³-hybridized carbons (Fsp3) is 0.608. The van der Waals surface area contributed by atoms with Gasteiger partial charge in [-0.3, -0.25) is 18.6 Å². The van der Waals surface area contributed by atoms with Crippen molar-refractivity contribution in [2.24, 2.45) is 5.73 Å². The van der Waals surface area contributed by atoms with Gasteiger partial charge in [0.15, 0.2) is 6.10 Å². The van der Waals surface area contributed by atoms with Gasteiger partial charge in [-0.15, -0.1) is 0 Å². The summed E-state index contributed by atoms with van der Waals surface area (Å²) >= 11 is 0. The van der Waals surface area contributed by atoms with E-state index in [1.807, 2.05) is 0 Å². The summed E-state index contributed by atoms with van der Waals surface area (Å²) in [5, 5.41) is 0. The van der Waals surface area contributed by atoms with Crippen LogP contribution in [-0.4, -0.2) is 49.3 Å². The Hall–Kier alpha value is -3.33. The summed E-state index contributed by atoms with van der Waals surface area (Å²) in [6.07, 6.45) is 61.3. The topological polar surface area (TPSA) is 134 Å². The summed E-state index contributed by atoms with van der Waals surface area (Å²) in [6.45, 7) is 3.43. The van der Waals surface area contributed by atoms with E-state index in [1.165, 1.54) is 32.1 Å². The standard InChI is InChI=1S/C51H84NO8P/c1-3-5-7-9-11-13-15-17-19-20-21-22-23-24-25-26-27-28-30-32-34-36-38-40-42-44-51(54)60-49(48-59-61(55,56)58-46-45-52)47-57-50(53)43-41-39-37-35-33-31-29-18-16-14-12-10-8-6-4-2/h5-8,11-14,17-19,21-22,24-25,29,33,35,49H,3-4,9-10,15-16,20,23,26-28,30-32,34,36-48,52H2,1-2H3,(H,55,56)/b7-5-,8-6-,13-11-,14-12-,19-17-,22-21-,25-24-,29-18-,35-33-. The van der Waals surface area contributed by atoms with Crippen molar-refractivity contribution < 1.29 is 37.6 Å². The molecule has 0 aromatic rings. The molecule has 10 heteroatoms. The molecule has 0 spiro atoms. The van der Waals surface area contributed by atoms with Crippen molar-refractivity contribution in [1.82, 2.24) is 0 Å². The number of unbranched alkanes of at least 4 members (excludes halogenated alkanes) is 11. The number of phosphoric acid groups is 1. The highest BCUT2D eigenvalue weighted by atomic mass is 31.2. The Bertz CT molecular complexity index is 1360. The number of hydrogen-bond donors (Lipinski definition) is 2. The number of nitrogens with two attached hydrogens (primary N) is 1. The van der Waals surface area contributed by atoms with E-state index >= 15 is 0 Å². The van der Waals surface area contributed by atoms with Crippen LogP contribution in [0.2, 0.25) is 0 Å². The van der Waals surface area contributed by atoms with Crippen molar-refractivity contribution in [3.8, 4) is 0 Å². The van der Waals surface area contributed by atoms with E-state index in [4.69, 9.17) is 24.3 Å². The second-order valence-electron chi connectivity index (χ2n) is 14.9. The largest absolute Gasteiger partial charge is 0.472 e. The minimum Gasteiger partial charge on any atom is -0.462 e. The number of carbonyl (C=O) groups excluding carboxylic acids is 2. The summed E-state index contributed by atoms with van der Waals surface area (Å²) in [7, 11) is -4.40. The minimum absolute atomic E-state index is 0.0403. The van der Waals surface area contributed by atoms with E-state index in [9.17, 15) is 19.0 Å². The Morgan fingerprint density at radius 2 is 0.852 bits per heavy atom. The summed E-state index contributed by atoms with van der Waals surface area (Å²) in [5.74, 6) is -0.895. The maximum absolute atomic E-state index is 12.6. The first-order valence-electron chi connectivity index (χ1n) is 23.4. The number of carbonyl (C=O) groups is 2.